The van der Waals surface area contributed by atoms with Crippen LogP contribution in [0.5, 0.6) is 11.5 Å². The minimum Gasteiger partial charge on any atom is -0.492 e. The largest absolute Gasteiger partial charge is 0.492 e. The number of H-pyrrole nitrogens is 1. The van der Waals surface area contributed by atoms with Gasteiger partial charge in [0.1, 0.15) is 5.75 Å². The number of pyridine rings is 1. The van der Waals surface area contributed by atoms with Gasteiger partial charge in [-0.05, 0) is 38.5 Å². The number of nitrogens with one attached hydrogen (secondary N) is 3. The van der Waals surface area contributed by atoms with Crippen molar-refractivity contribution in [3.63, 3.8) is 0 Å². The molecule has 0 atom stereocenters. The smallest absolute Gasteiger partial charge is 0.255 e. The second-order valence-corrected chi connectivity index (χ2v) is 7.97. The van der Waals surface area contributed by atoms with Gasteiger partial charge in [-0.1, -0.05) is 17.7 Å². The average Bonchev–Trinajstić information content (AvgIpc) is 3.16. The number of anilines is 2. The summed E-state index contributed by atoms with van der Waals surface area (Å²) < 4.78 is 25.6. The zero-order valence-corrected chi connectivity index (χ0v) is 18.9. The summed E-state index contributed by atoms with van der Waals surface area (Å²) in [6, 6.07) is 6.45. The molecule has 1 aromatic carbocycles. The highest BCUT2D eigenvalue weighted by molar-refractivity contribution is 6.06. The number of fused-ring (bicyclic) bond motifs is 1. The van der Waals surface area contributed by atoms with E-state index in [1.807, 2.05) is 19.9 Å². The lowest BCUT2D eigenvalue weighted by molar-refractivity contribution is 0.0947. The van der Waals surface area contributed by atoms with E-state index in [0.717, 1.165) is 17.7 Å². The van der Waals surface area contributed by atoms with Crippen molar-refractivity contribution in [3.05, 3.63) is 65.4 Å². The summed E-state index contributed by atoms with van der Waals surface area (Å²) in [4.78, 5) is 20.4. The summed E-state index contributed by atoms with van der Waals surface area (Å²) in [5.41, 5.74) is 4.90. The first kappa shape index (κ1) is 22.4. The highest BCUT2D eigenvalue weighted by Crippen LogP contribution is 2.41. The number of carbonyl (C=O) groups excluding carboxylic acids is 1. The molecule has 172 valence electrons. The summed E-state index contributed by atoms with van der Waals surface area (Å²) >= 11 is 0. The second-order valence-electron chi connectivity index (χ2n) is 7.97. The van der Waals surface area contributed by atoms with E-state index in [2.05, 4.69) is 26.7 Å². The van der Waals surface area contributed by atoms with Crippen molar-refractivity contribution < 1.29 is 18.7 Å². The lowest BCUT2D eigenvalue weighted by Crippen LogP contribution is -2.31. The molecule has 0 fully saturated rings. The van der Waals surface area contributed by atoms with Crippen molar-refractivity contribution in [1.29, 1.82) is 0 Å². The topological polar surface area (TPSA) is 88.3 Å². The molecule has 0 radical (unpaired) electrons. The molecule has 0 spiro atoms. The van der Waals surface area contributed by atoms with Crippen molar-refractivity contribution in [2.75, 3.05) is 25.6 Å². The standard InChI is InChI=1S/C25H27FN4O3/c1-15(2)6-5-13-33-20-14-27-11-9-16(20)22-23(21-18(29-22)10-12-28-25(21)31)30-19-8-4-7-17(26)24(19)32-3/h4,6-9,11,14,29-30H,5,10,12-13H2,1-3H3,(H,28,31). The minimum absolute atomic E-state index is 0.0718. The molecule has 7 nitrogen and oxygen atoms in total. The molecule has 3 aromatic rings. The summed E-state index contributed by atoms with van der Waals surface area (Å²) in [7, 11) is 1.41. The third kappa shape index (κ3) is 4.69. The van der Waals surface area contributed by atoms with Gasteiger partial charge >= 0.3 is 0 Å². The van der Waals surface area contributed by atoms with Gasteiger partial charge in [-0.2, -0.15) is 0 Å². The molecule has 0 aliphatic carbocycles. The number of halogens is 1. The Hall–Kier alpha value is -3.81. The number of ether oxygens (including phenoxy) is 2. The van der Waals surface area contributed by atoms with E-state index in [4.69, 9.17) is 9.47 Å². The normalized spacial score (nSPS) is 12.5. The summed E-state index contributed by atoms with van der Waals surface area (Å²) in [5.74, 6) is -0.0303. The lowest BCUT2D eigenvalue weighted by Gasteiger charge is -2.17. The van der Waals surface area contributed by atoms with Crippen LogP contribution in [0.4, 0.5) is 15.8 Å². The molecule has 33 heavy (non-hydrogen) atoms. The Morgan fingerprint density at radius 1 is 1.30 bits per heavy atom. The fourth-order valence-corrected chi connectivity index (χ4v) is 3.87. The van der Waals surface area contributed by atoms with E-state index in [-0.39, 0.29) is 11.7 Å². The number of hydrogen-bond acceptors (Lipinski definition) is 5. The lowest BCUT2D eigenvalue weighted by atomic mass is 10.0. The number of benzene rings is 1. The molecule has 2 aromatic heterocycles. The van der Waals surface area contributed by atoms with Crippen LogP contribution >= 0.6 is 0 Å². The van der Waals surface area contributed by atoms with Gasteiger partial charge in [-0.15, -0.1) is 0 Å². The molecule has 4 rings (SSSR count). The van der Waals surface area contributed by atoms with Crippen LogP contribution in [0.1, 0.15) is 36.3 Å². The highest BCUT2D eigenvalue weighted by atomic mass is 19.1. The molecule has 0 saturated carbocycles. The molecule has 1 aliphatic heterocycles. The van der Waals surface area contributed by atoms with Gasteiger partial charge in [-0.3, -0.25) is 9.78 Å². The van der Waals surface area contributed by atoms with Gasteiger partial charge < -0.3 is 25.1 Å². The van der Waals surface area contributed by atoms with Crippen LogP contribution < -0.4 is 20.1 Å². The third-order valence-corrected chi connectivity index (χ3v) is 5.38. The van der Waals surface area contributed by atoms with Crippen LogP contribution in [-0.4, -0.2) is 36.1 Å². The number of rotatable bonds is 8. The molecule has 1 aliphatic rings. The van der Waals surface area contributed by atoms with E-state index in [1.54, 1.807) is 24.5 Å². The molecular weight excluding hydrogens is 423 g/mol. The predicted molar refractivity (Wildman–Crippen MR) is 126 cm³/mol. The van der Waals surface area contributed by atoms with Crippen LogP contribution in [0.25, 0.3) is 11.3 Å². The minimum atomic E-state index is -0.495. The van der Waals surface area contributed by atoms with Crippen molar-refractivity contribution >= 4 is 17.3 Å². The molecule has 3 N–H and O–H groups in total. The first-order valence-electron chi connectivity index (χ1n) is 10.8. The number of nitrogens with zero attached hydrogens (tertiary/aromatic N) is 1. The van der Waals surface area contributed by atoms with Gasteiger partial charge in [0.05, 0.1) is 42.5 Å². The Kier molecular flexibility index (Phi) is 6.63. The van der Waals surface area contributed by atoms with Crippen LogP contribution in [0.2, 0.25) is 0 Å². The number of hydrogen-bond donors (Lipinski definition) is 3. The quantitative estimate of drug-likeness (QED) is 0.332. The Labute approximate surface area is 192 Å². The van der Waals surface area contributed by atoms with Gasteiger partial charge in [0.15, 0.2) is 11.6 Å². The fraction of sp³-hybridized carbons (Fsp3) is 0.280. The maximum atomic E-state index is 14.3. The zero-order chi connectivity index (χ0) is 23.4. The average molecular weight is 451 g/mol. The SMILES string of the molecule is COc1c(F)cccc1Nc1c(-c2ccncc2OCCC=C(C)C)[nH]c2c1C(=O)NCC2. The van der Waals surface area contributed by atoms with Crippen molar-refractivity contribution in [2.24, 2.45) is 0 Å². The molecule has 0 unspecified atom stereocenters. The van der Waals surface area contributed by atoms with Gasteiger partial charge in [0.2, 0.25) is 0 Å². The molecular formula is C25H27FN4O3. The van der Waals surface area contributed by atoms with E-state index in [0.29, 0.717) is 48.0 Å². The van der Waals surface area contributed by atoms with E-state index in [1.165, 1.54) is 18.7 Å². The Balaban J connectivity index is 1.79. The summed E-state index contributed by atoms with van der Waals surface area (Å²) in [6.07, 6.45) is 6.86. The zero-order valence-electron chi connectivity index (χ0n) is 18.9. The first-order valence-corrected chi connectivity index (χ1v) is 10.8. The second kappa shape index (κ2) is 9.77. The number of methoxy groups -OCH3 is 1. The summed E-state index contributed by atoms with van der Waals surface area (Å²) in [5, 5.41) is 6.12. The number of allylic oxidation sites excluding steroid dienone is 1. The number of aromatic nitrogens is 2. The Morgan fingerprint density at radius 2 is 2.15 bits per heavy atom. The van der Waals surface area contributed by atoms with Gasteiger partial charge in [-0.25, -0.2) is 4.39 Å². The highest BCUT2D eigenvalue weighted by Gasteiger charge is 2.28. The number of aromatic amines is 1. The third-order valence-electron chi connectivity index (χ3n) is 5.38. The van der Waals surface area contributed by atoms with Crippen LogP contribution in [0.3, 0.4) is 0 Å². The Bertz CT molecular complexity index is 1200. The molecule has 1 amide bonds. The monoisotopic (exact) mass is 450 g/mol. The van der Waals surface area contributed by atoms with E-state index in [9.17, 15) is 9.18 Å². The van der Waals surface area contributed by atoms with Crippen molar-refractivity contribution in [1.82, 2.24) is 15.3 Å². The maximum absolute atomic E-state index is 14.3. The van der Waals surface area contributed by atoms with Crippen LogP contribution in [0, 0.1) is 5.82 Å². The number of para-hydroxylation sites is 1. The van der Waals surface area contributed by atoms with E-state index >= 15 is 0 Å². The predicted octanol–water partition coefficient (Wildman–Crippen LogP) is 4.99. The van der Waals surface area contributed by atoms with Gasteiger partial charge in [0, 0.05) is 30.4 Å². The van der Waals surface area contributed by atoms with Crippen molar-refractivity contribution in [3.8, 4) is 22.8 Å². The maximum Gasteiger partial charge on any atom is 0.255 e. The first-order chi connectivity index (χ1) is 16.0. The van der Waals surface area contributed by atoms with Crippen LogP contribution in [-0.2, 0) is 6.42 Å². The molecule has 8 heteroatoms. The van der Waals surface area contributed by atoms with Gasteiger partial charge in [0.25, 0.3) is 5.91 Å². The molecule has 0 bridgehead atoms. The number of carbonyl (C=O) groups is 1. The van der Waals surface area contributed by atoms with Crippen molar-refractivity contribution in [2.45, 2.75) is 26.7 Å². The fourth-order valence-electron chi connectivity index (χ4n) is 3.87. The summed E-state index contributed by atoms with van der Waals surface area (Å²) in [6.45, 7) is 5.12. The van der Waals surface area contributed by atoms with Crippen LogP contribution in [0.15, 0.2) is 48.3 Å². The molecule has 3 heterocycles. The Morgan fingerprint density at radius 3 is 2.94 bits per heavy atom. The van der Waals surface area contributed by atoms with E-state index < -0.39 is 5.82 Å². The number of amides is 1. The molecule has 0 saturated heterocycles.